The number of fused-ring (bicyclic) bond motifs is 1. The first-order valence-corrected chi connectivity index (χ1v) is 6.06. The fraction of sp³-hybridized carbons (Fsp3) is 0.357. The van der Waals surface area contributed by atoms with Gasteiger partial charge in [0.2, 0.25) is 5.76 Å². The zero-order valence-corrected chi connectivity index (χ0v) is 11.3. The first-order valence-electron chi connectivity index (χ1n) is 6.06. The molecule has 0 radical (unpaired) electrons. The van der Waals surface area contributed by atoms with Gasteiger partial charge in [-0.2, -0.15) is 4.89 Å². The van der Waals surface area contributed by atoms with Crippen LogP contribution in [0.15, 0.2) is 28.7 Å². The van der Waals surface area contributed by atoms with E-state index < -0.39 is 5.97 Å². The fourth-order valence-corrected chi connectivity index (χ4v) is 1.72. The van der Waals surface area contributed by atoms with Crippen molar-refractivity contribution >= 4 is 16.9 Å². The van der Waals surface area contributed by atoms with Gasteiger partial charge in [0.1, 0.15) is 12.2 Å². The van der Waals surface area contributed by atoms with Gasteiger partial charge in [-0.1, -0.05) is 18.2 Å². The average molecular weight is 263 g/mol. The molecule has 0 aliphatic rings. The van der Waals surface area contributed by atoms with Crippen LogP contribution >= 0.6 is 0 Å². The van der Waals surface area contributed by atoms with E-state index in [0.29, 0.717) is 18.7 Å². The third-order valence-electron chi connectivity index (χ3n) is 2.79. The van der Waals surface area contributed by atoms with Crippen LogP contribution in [0.25, 0.3) is 11.0 Å². The van der Waals surface area contributed by atoms with Crippen LogP contribution in [0.1, 0.15) is 16.1 Å². The molecule has 0 aliphatic carbocycles. The van der Waals surface area contributed by atoms with Gasteiger partial charge >= 0.3 is 5.97 Å². The van der Waals surface area contributed by atoms with Crippen molar-refractivity contribution in [2.75, 3.05) is 27.2 Å². The van der Waals surface area contributed by atoms with E-state index in [1.807, 2.05) is 50.2 Å². The van der Waals surface area contributed by atoms with Crippen LogP contribution in [-0.4, -0.2) is 38.1 Å². The second kappa shape index (κ2) is 5.86. The topological polar surface area (TPSA) is 51.9 Å². The normalized spacial score (nSPS) is 11.2. The Labute approximate surface area is 111 Å². The molecule has 2 rings (SSSR count). The number of carbonyl (C=O) groups is 1. The number of rotatable bonds is 5. The molecule has 0 spiro atoms. The van der Waals surface area contributed by atoms with Crippen LogP contribution in [0.4, 0.5) is 0 Å². The minimum atomic E-state index is -0.604. The summed E-state index contributed by atoms with van der Waals surface area (Å²) in [5.41, 5.74) is 1.43. The summed E-state index contributed by atoms with van der Waals surface area (Å²) in [4.78, 5) is 23.3. The molecule has 2 aromatic rings. The number of para-hydroxylation sites is 1. The number of nitrogens with zero attached hydrogens (tertiary/aromatic N) is 1. The van der Waals surface area contributed by atoms with Crippen molar-refractivity contribution in [1.29, 1.82) is 0 Å². The molecule has 1 aromatic heterocycles. The van der Waals surface area contributed by atoms with Crippen LogP contribution in [0, 0.1) is 6.92 Å². The molecule has 5 heteroatoms. The van der Waals surface area contributed by atoms with Gasteiger partial charge < -0.3 is 9.32 Å². The summed E-state index contributed by atoms with van der Waals surface area (Å²) in [6.07, 6.45) is 0. The molecular weight excluding hydrogens is 246 g/mol. The summed E-state index contributed by atoms with van der Waals surface area (Å²) < 4.78 is 5.47. The summed E-state index contributed by atoms with van der Waals surface area (Å²) in [6.45, 7) is 2.81. The van der Waals surface area contributed by atoms with Gasteiger partial charge in [0, 0.05) is 17.5 Å². The van der Waals surface area contributed by atoms with Gasteiger partial charge in [-0.15, -0.1) is 0 Å². The number of hydrogen-bond donors (Lipinski definition) is 0. The molecule has 0 atom stereocenters. The Kier molecular flexibility index (Phi) is 4.19. The van der Waals surface area contributed by atoms with Gasteiger partial charge in [-0.3, -0.25) is 4.89 Å². The Hall–Kier alpha value is -1.85. The number of benzene rings is 1. The first kappa shape index (κ1) is 13.6. The number of carbonyl (C=O) groups excluding carboxylic acids is 1. The highest BCUT2D eigenvalue weighted by atomic mass is 17.2. The maximum absolute atomic E-state index is 11.8. The molecule has 0 amide bonds. The number of hydrogen-bond acceptors (Lipinski definition) is 5. The lowest BCUT2D eigenvalue weighted by Crippen LogP contribution is -2.19. The maximum Gasteiger partial charge on any atom is 0.408 e. The van der Waals surface area contributed by atoms with E-state index in [4.69, 9.17) is 14.2 Å². The maximum atomic E-state index is 11.8. The van der Waals surface area contributed by atoms with Crippen LogP contribution in [0.2, 0.25) is 0 Å². The van der Waals surface area contributed by atoms with E-state index in [1.165, 1.54) is 0 Å². The molecule has 5 nitrogen and oxygen atoms in total. The number of likely N-dealkylation sites (N-methyl/N-ethyl adjacent to an activating group) is 1. The molecule has 1 heterocycles. The second-order valence-corrected chi connectivity index (χ2v) is 4.55. The second-order valence-electron chi connectivity index (χ2n) is 4.55. The highest BCUT2D eigenvalue weighted by molar-refractivity contribution is 5.95. The molecule has 0 saturated heterocycles. The Morgan fingerprint density at radius 1 is 1.32 bits per heavy atom. The summed E-state index contributed by atoms with van der Waals surface area (Å²) in [5.74, 6) is -0.418. The van der Waals surface area contributed by atoms with Gasteiger partial charge in [0.25, 0.3) is 0 Å². The van der Waals surface area contributed by atoms with Gasteiger partial charge in [-0.25, -0.2) is 4.79 Å². The molecule has 0 N–H and O–H groups in total. The van der Waals surface area contributed by atoms with Gasteiger partial charge in [0.05, 0.1) is 0 Å². The third kappa shape index (κ3) is 3.13. The summed E-state index contributed by atoms with van der Waals surface area (Å²) in [5, 5.41) is 0.905. The van der Waals surface area contributed by atoms with Crippen LogP contribution in [0.3, 0.4) is 0 Å². The summed E-state index contributed by atoms with van der Waals surface area (Å²) in [7, 11) is 3.82. The van der Waals surface area contributed by atoms with E-state index in [1.54, 1.807) is 0 Å². The van der Waals surface area contributed by atoms with Crippen LogP contribution in [0.5, 0.6) is 0 Å². The lowest BCUT2D eigenvalue weighted by molar-refractivity contribution is -0.242. The largest absolute Gasteiger partial charge is 0.449 e. The van der Waals surface area contributed by atoms with Gasteiger partial charge in [-0.05, 0) is 27.1 Å². The van der Waals surface area contributed by atoms with Crippen molar-refractivity contribution in [3.63, 3.8) is 0 Å². The SMILES string of the molecule is Cc1c(C(=O)OOCCN(C)C)oc2ccccc12. The van der Waals surface area contributed by atoms with Crippen molar-refractivity contribution in [2.45, 2.75) is 6.92 Å². The highest BCUT2D eigenvalue weighted by Gasteiger charge is 2.19. The quantitative estimate of drug-likeness (QED) is 0.471. The minimum absolute atomic E-state index is 0.186. The Morgan fingerprint density at radius 3 is 2.74 bits per heavy atom. The standard InChI is InChI=1S/C14H17NO4/c1-10-11-6-4-5-7-12(11)18-13(10)14(16)19-17-9-8-15(2)3/h4-7H,8-9H2,1-3H3. The first-order chi connectivity index (χ1) is 9.09. The van der Waals surface area contributed by atoms with E-state index in [9.17, 15) is 4.79 Å². The van der Waals surface area contributed by atoms with Crippen molar-refractivity contribution in [1.82, 2.24) is 4.90 Å². The Bertz CT molecular complexity index is 574. The molecule has 0 bridgehead atoms. The molecule has 0 aliphatic heterocycles. The van der Waals surface area contributed by atoms with E-state index in [2.05, 4.69) is 0 Å². The molecule has 0 unspecified atom stereocenters. The summed E-state index contributed by atoms with van der Waals surface area (Å²) >= 11 is 0. The third-order valence-corrected chi connectivity index (χ3v) is 2.79. The lowest BCUT2D eigenvalue weighted by Gasteiger charge is -2.08. The molecule has 1 aromatic carbocycles. The van der Waals surface area contributed by atoms with Crippen molar-refractivity contribution < 1.29 is 19.0 Å². The zero-order chi connectivity index (χ0) is 13.8. The van der Waals surface area contributed by atoms with Crippen molar-refractivity contribution in [3.8, 4) is 0 Å². The Balaban J connectivity index is 2.03. The van der Waals surface area contributed by atoms with E-state index >= 15 is 0 Å². The zero-order valence-electron chi connectivity index (χ0n) is 11.3. The van der Waals surface area contributed by atoms with E-state index in [-0.39, 0.29) is 5.76 Å². The minimum Gasteiger partial charge on any atom is -0.449 e. The molecular formula is C14H17NO4. The van der Waals surface area contributed by atoms with Crippen LogP contribution in [-0.2, 0) is 9.78 Å². The molecule has 102 valence electrons. The van der Waals surface area contributed by atoms with Crippen molar-refractivity contribution in [3.05, 3.63) is 35.6 Å². The molecule has 0 saturated carbocycles. The highest BCUT2D eigenvalue weighted by Crippen LogP contribution is 2.25. The predicted molar refractivity (Wildman–Crippen MR) is 70.9 cm³/mol. The smallest absolute Gasteiger partial charge is 0.408 e. The fourth-order valence-electron chi connectivity index (χ4n) is 1.72. The molecule has 0 fully saturated rings. The molecule has 19 heavy (non-hydrogen) atoms. The lowest BCUT2D eigenvalue weighted by atomic mass is 10.1. The predicted octanol–water partition coefficient (Wildman–Crippen LogP) is 2.39. The van der Waals surface area contributed by atoms with Crippen LogP contribution < -0.4 is 0 Å². The Morgan fingerprint density at radius 2 is 2.05 bits per heavy atom. The number of furan rings is 1. The number of aryl methyl sites for hydroxylation is 1. The average Bonchev–Trinajstić information content (AvgIpc) is 2.72. The van der Waals surface area contributed by atoms with E-state index in [0.717, 1.165) is 10.9 Å². The van der Waals surface area contributed by atoms with Crippen molar-refractivity contribution in [2.24, 2.45) is 0 Å². The summed E-state index contributed by atoms with van der Waals surface area (Å²) in [6, 6.07) is 7.46. The monoisotopic (exact) mass is 263 g/mol. The van der Waals surface area contributed by atoms with Gasteiger partial charge in [0.15, 0.2) is 0 Å².